The van der Waals surface area contributed by atoms with Gasteiger partial charge in [-0.2, -0.15) is 4.98 Å². The van der Waals surface area contributed by atoms with Crippen LogP contribution in [0.25, 0.3) is 0 Å². The van der Waals surface area contributed by atoms with E-state index in [1.807, 2.05) is 19.0 Å². The molecule has 1 aromatic carbocycles. The molecule has 0 unspecified atom stereocenters. The Balaban J connectivity index is 2.28. The molecule has 0 N–H and O–H groups in total. The van der Waals surface area contributed by atoms with Gasteiger partial charge in [0.15, 0.2) is 0 Å². The van der Waals surface area contributed by atoms with E-state index in [-0.39, 0.29) is 5.91 Å². The molecule has 2 aromatic rings. The van der Waals surface area contributed by atoms with Crippen LogP contribution in [0.4, 0.5) is 11.8 Å². The molecule has 0 saturated carbocycles. The number of amides is 1. The summed E-state index contributed by atoms with van der Waals surface area (Å²) in [7, 11) is 6.99. The highest BCUT2D eigenvalue weighted by atomic mass is 16.5. The molecule has 6 heteroatoms. The highest BCUT2D eigenvalue weighted by Gasteiger charge is 2.17. The van der Waals surface area contributed by atoms with E-state index in [9.17, 15) is 4.79 Å². The van der Waals surface area contributed by atoms with Gasteiger partial charge in [0.2, 0.25) is 5.95 Å². The van der Waals surface area contributed by atoms with Crippen molar-refractivity contribution < 1.29 is 9.53 Å². The van der Waals surface area contributed by atoms with Gasteiger partial charge in [0, 0.05) is 32.9 Å². The van der Waals surface area contributed by atoms with E-state index in [0.29, 0.717) is 17.3 Å². The van der Waals surface area contributed by atoms with Crippen molar-refractivity contribution >= 4 is 17.7 Å². The smallest absolute Gasteiger partial charge is 0.260 e. The number of ether oxygens (including phenoxy) is 1. The molecule has 110 valence electrons. The quantitative estimate of drug-likeness (QED) is 0.858. The number of benzene rings is 1. The SMILES string of the molecule is COc1cccc(C(=O)N(C)c2nccc(N(C)C)n2)c1. The maximum absolute atomic E-state index is 12.5. The van der Waals surface area contributed by atoms with Crippen LogP contribution in [0, 0.1) is 0 Å². The van der Waals surface area contributed by atoms with Crippen molar-refractivity contribution in [3.63, 3.8) is 0 Å². The molecule has 0 radical (unpaired) electrons. The molecule has 0 aliphatic carbocycles. The molecule has 0 aliphatic rings. The monoisotopic (exact) mass is 286 g/mol. The number of methoxy groups -OCH3 is 1. The zero-order chi connectivity index (χ0) is 15.4. The Morgan fingerprint density at radius 1 is 1.19 bits per heavy atom. The van der Waals surface area contributed by atoms with Crippen molar-refractivity contribution in [3.8, 4) is 5.75 Å². The zero-order valence-corrected chi connectivity index (χ0v) is 12.6. The van der Waals surface area contributed by atoms with Gasteiger partial charge >= 0.3 is 0 Å². The van der Waals surface area contributed by atoms with Crippen molar-refractivity contribution in [2.75, 3.05) is 38.1 Å². The minimum Gasteiger partial charge on any atom is -0.497 e. The van der Waals surface area contributed by atoms with Gasteiger partial charge < -0.3 is 9.64 Å². The molecule has 0 fully saturated rings. The Kier molecular flexibility index (Phi) is 4.37. The third kappa shape index (κ3) is 3.28. The lowest BCUT2D eigenvalue weighted by molar-refractivity contribution is 0.0991. The molecular formula is C15H18N4O2. The van der Waals surface area contributed by atoms with Crippen molar-refractivity contribution in [3.05, 3.63) is 42.1 Å². The predicted octanol–water partition coefficient (Wildman–Crippen LogP) is 1.83. The molecule has 0 spiro atoms. The van der Waals surface area contributed by atoms with Crippen LogP contribution < -0.4 is 14.5 Å². The van der Waals surface area contributed by atoms with Crippen LogP contribution >= 0.6 is 0 Å². The minimum atomic E-state index is -0.190. The lowest BCUT2D eigenvalue weighted by Crippen LogP contribution is -2.28. The molecule has 2 rings (SSSR count). The van der Waals surface area contributed by atoms with Crippen molar-refractivity contribution in [2.24, 2.45) is 0 Å². The van der Waals surface area contributed by atoms with E-state index in [4.69, 9.17) is 4.74 Å². The van der Waals surface area contributed by atoms with Gasteiger partial charge in [0.05, 0.1) is 7.11 Å². The average molecular weight is 286 g/mol. The Hall–Kier alpha value is -2.63. The molecule has 0 aliphatic heterocycles. The summed E-state index contributed by atoms with van der Waals surface area (Å²) in [5.74, 6) is 1.54. The lowest BCUT2D eigenvalue weighted by Gasteiger charge is -2.18. The van der Waals surface area contributed by atoms with Crippen LogP contribution in [0.5, 0.6) is 5.75 Å². The second-order valence-electron chi connectivity index (χ2n) is 4.71. The fourth-order valence-electron chi connectivity index (χ4n) is 1.79. The molecule has 1 aromatic heterocycles. The van der Waals surface area contributed by atoms with E-state index in [2.05, 4.69) is 9.97 Å². The molecule has 0 atom stereocenters. The Bertz CT molecular complexity index is 643. The highest BCUT2D eigenvalue weighted by molar-refractivity contribution is 6.05. The van der Waals surface area contributed by atoms with Gasteiger partial charge in [-0.05, 0) is 24.3 Å². The van der Waals surface area contributed by atoms with E-state index in [1.165, 1.54) is 4.90 Å². The van der Waals surface area contributed by atoms with Crippen LogP contribution in [-0.4, -0.2) is 44.1 Å². The number of aromatic nitrogens is 2. The fraction of sp³-hybridized carbons (Fsp3) is 0.267. The average Bonchev–Trinajstić information content (AvgIpc) is 2.53. The van der Waals surface area contributed by atoms with Crippen LogP contribution in [-0.2, 0) is 0 Å². The Labute approximate surface area is 124 Å². The van der Waals surface area contributed by atoms with Gasteiger partial charge in [-0.3, -0.25) is 9.69 Å². The lowest BCUT2D eigenvalue weighted by atomic mass is 10.2. The van der Waals surface area contributed by atoms with E-state index in [0.717, 1.165) is 5.82 Å². The molecule has 6 nitrogen and oxygen atoms in total. The summed E-state index contributed by atoms with van der Waals surface area (Å²) in [5.41, 5.74) is 0.524. The summed E-state index contributed by atoms with van der Waals surface area (Å²) in [6.07, 6.45) is 1.63. The third-order valence-corrected chi connectivity index (χ3v) is 3.01. The molecule has 0 saturated heterocycles. The third-order valence-electron chi connectivity index (χ3n) is 3.01. The second kappa shape index (κ2) is 6.21. The number of nitrogens with zero attached hydrogens (tertiary/aromatic N) is 4. The summed E-state index contributed by atoms with van der Waals surface area (Å²) in [6, 6.07) is 8.77. The van der Waals surface area contributed by atoms with E-state index < -0.39 is 0 Å². The van der Waals surface area contributed by atoms with Crippen molar-refractivity contribution in [1.29, 1.82) is 0 Å². The summed E-state index contributed by atoms with van der Waals surface area (Å²) < 4.78 is 5.13. The first-order valence-corrected chi connectivity index (χ1v) is 6.45. The summed E-state index contributed by atoms with van der Waals surface area (Å²) in [5, 5.41) is 0. The van der Waals surface area contributed by atoms with Crippen LogP contribution in [0.2, 0.25) is 0 Å². The topological polar surface area (TPSA) is 58.6 Å². The number of carbonyl (C=O) groups excluding carboxylic acids is 1. The predicted molar refractivity (Wildman–Crippen MR) is 82.1 cm³/mol. The normalized spacial score (nSPS) is 10.1. The highest BCUT2D eigenvalue weighted by Crippen LogP contribution is 2.17. The summed E-state index contributed by atoms with van der Waals surface area (Å²) in [6.45, 7) is 0. The van der Waals surface area contributed by atoms with E-state index in [1.54, 1.807) is 50.7 Å². The van der Waals surface area contributed by atoms with Crippen LogP contribution in [0.3, 0.4) is 0 Å². The van der Waals surface area contributed by atoms with Crippen molar-refractivity contribution in [2.45, 2.75) is 0 Å². The standard InChI is InChI=1S/C15H18N4O2/c1-18(2)13-8-9-16-15(17-13)19(3)14(20)11-6-5-7-12(10-11)21-4/h5-10H,1-4H3. The first kappa shape index (κ1) is 14.8. The van der Waals surface area contributed by atoms with Crippen LogP contribution in [0.1, 0.15) is 10.4 Å². The van der Waals surface area contributed by atoms with Gasteiger partial charge in [0.25, 0.3) is 5.91 Å². The minimum absolute atomic E-state index is 0.190. The maximum atomic E-state index is 12.5. The van der Waals surface area contributed by atoms with E-state index >= 15 is 0 Å². The zero-order valence-electron chi connectivity index (χ0n) is 12.6. The fourth-order valence-corrected chi connectivity index (χ4v) is 1.79. The summed E-state index contributed by atoms with van der Waals surface area (Å²) in [4.78, 5) is 24.2. The largest absolute Gasteiger partial charge is 0.497 e. The van der Waals surface area contributed by atoms with Gasteiger partial charge in [0.1, 0.15) is 11.6 Å². The molecular weight excluding hydrogens is 268 g/mol. The summed E-state index contributed by atoms with van der Waals surface area (Å²) >= 11 is 0. The first-order valence-electron chi connectivity index (χ1n) is 6.45. The Morgan fingerprint density at radius 2 is 1.95 bits per heavy atom. The molecule has 1 amide bonds. The number of rotatable bonds is 4. The molecule has 0 bridgehead atoms. The molecule has 1 heterocycles. The Morgan fingerprint density at radius 3 is 2.62 bits per heavy atom. The number of carbonyl (C=O) groups is 1. The first-order chi connectivity index (χ1) is 10.0. The van der Waals surface area contributed by atoms with Gasteiger partial charge in [-0.15, -0.1) is 0 Å². The number of anilines is 2. The number of hydrogen-bond donors (Lipinski definition) is 0. The van der Waals surface area contributed by atoms with Gasteiger partial charge in [-0.25, -0.2) is 4.98 Å². The maximum Gasteiger partial charge on any atom is 0.260 e. The molecule has 21 heavy (non-hydrogen) atoms. The second-order valence-corrected chi connectivity index (χ2v) is 4.71. The van der Waals surface area contributed by atoms with Gasteiger partial charge in [-0.1, -0.05) is 6.07 Å². The number of hydrogen-bond acceptors (Lipinski definition) is 5. The van der Waals surface area contributed by atoms with Crippen LogP contribution in [0.15, 0.2) is 36.5 Å². The van der Waals surface area contributed by atoms with Crippen molar-refractivity contribution in [1.82, 2.24) is 9.97 Å².